The Balaban J connectivity index is 2.42. The molecular weight excluding hydrogens is 379 g/mol. The van der Waals surface area contributed by atoms with Crippen LogP contribution in [0.2, 0.25) is 10.0 Å². The Hall–Kier alpha value is -2.08. The Morgan fingerprint density at radius 2 is 1.65 bits per heavy atom. The molecule has 0 fully saturated rings. The van der Waals surface area contributed by atoms with Crippen LogP contribution in [0.1, 0.15) is 11.1 Å². The third-order valence-electron chi connectivity index (χ3n) is 3.58. The van der Waals surface area contributed by atoms with Gasteiger partial charge in [-0.2, -0.15) is 0 Å². The highest BCUT2D eigenvalue weighted by atomic mass is 35.5. The fraction of sp³-hybridized carbons (Fsp3) is 0.263. The van der Waals surface area contributed by atoms with Crippen molar-refractivity contribution in [3.8, 4) is 23.0 Å². The average molecular weight is 399 g/mol. The maximum Gasteiger partial charge on any atom is 0.207 e. The second-order valence-electron chi connectivity index (χ2n) is 5.19. The lowest BCUT2D eigenvalue weighted by molar-refractivity contribution is 0.258. The molecule has 0 unspecified atom stereocenters. The number of rotatable bonds is 8. The molecule has 0 saturated carbocycles. The summed E-state index contributed by atoms with van der Waals surface area (Å²) in [7, 11) is 4.58. The van der Waals surface area contributed by atoms with Crippen molar-refractivity contribution in [2.75, 3.05) is 27.9 Å². The van der Waals surface area contributed by atoms with Crippen LogP contribution >= 0.6 is 23.2 Å². The fourth-order valence-electron chi connectivity index (χ4n) is 2.39. The predicted octanol–water partition coefficient (Wildman–Crippen LogP) is 4.60. The Bertz CT molecular complexity index is 790. The lowest BCUT2D eigenvalue weighted by Gasteiger charge is -2.19. The Labute approximate surface area is 162 Å². The monoisotopic (exact) mass is 398 g/mol. The molecule has 2 aromatic carbocycles. The van der Waals surface area contributed by atoms with E-state index in [0.29, 0.717) is 38.6 Å². The molecule has 1 N–H and O–H groups in total. The molecule has 0 aromatic heterocycles. The zero-order chi connectivity index (χ0) is 19.1. The number of ether oxygens (including phenoxy) is 4. The second-order valence-corrected chi connectivity index (χ2v) is 6.00. The number of hydrogen-bond acceptors (Lipinski definition) is 5. The summed E-state index contributed by atoms with van der Waals surface area (Å²) in [6, 6.07) is 7.01. The van der Waals surface area contributed by atoms with E-state index in [0.717, 1.165) is 5.56 Å². The van der Waals surface area contributed by atoms with E-state index in [1.807, 2.05) is 6.07 Å². The number of aliphatic hydroxyl groups is 1. The molecule has 0 atom stereocenters. The minimum Gasteiger partial charge on any atom is -0.493 e. The van der Waals surface area contributed by atoms with Crippen molar-refractivity contribution in [3.63, 3.8) is 0 Å². The van der Waals surface area contributed by atoms with Crippen LogP contribution in [0.15, 0.2) is 30.3 Å². The summed E-state index contributed by atoms with van der Waals surface area (Å²) in [5.74, 6) is 1.74. The Morgan fingerprint density at radius 3 is 2.23 bits per heavy atom. The summed E-state index contributed by atoms with van der Waals surface area (Å²) < 4.78 is 22.3. The molecule has 140 valence electrons. The van der Waals surface area contributed by atoms with Crippen LogP contribution in [-0.4, -0.2) is 33.0 Å². The van der Waals surface area contributed by atoms with E-state index in [1.165, 1.54) is 21.3 Å². The number of methoxy groups -OCH3 is 3. The molecule has 0 aliphatic rings. The van der Waals surface area contributed by atoms with Gasteiger partial charge in [-0.15, -0.1) is 0 Å². The van der Waals surface area contributed by atoms with Crippen LogP contribution in [0, 0.1) is 0 Å². The predicted molar refractivity (Wildman–Crippen MR) is 103 cm³/mol. The van der Waals surface area contributed by atoms with E-state index in [2.05, 4.69) is 0 Å². The van der Waals surface area contributed by atoms with Crippen LogP contribution in [0.3, 0.4) is 0 Å². The molecular formula is C19H20Cl2O5. The number of aliphatic hydroxyl groups excluding tert-OH is 1. The first kappa shape index (κ1) is 20.2. The van der Waals surface area contributed by atoms with Crippen LogP contribution in [0.25, 0.3) is 6.08 Å². The van der Waals surface area contributed by atoms with Crippen molar-refractivity contribution in [2.24, 2.45) is 0 Å². The van der Waals surface area contributed by atoms with Crippen LogP contribution < -0.4 is 18.9 Å². The first-order chi connectivity index (χ1) is 12.5. The number of benzene rings is 2. The summed E-state index contributed by atoms with van der Waals surface area (Å²) in [6.07, 6.45) is 3.31. The third kappa shape index (κ3) is 4.55. The van der Waals surface area contributed by atoms with Gasteiger partial charge in [0.05, 0.1) is 38.0 Å². The molecule has 7 heteroatoms. The zero-order valence-electron chi connectivity index (χ0n) is 14.7. The molecule has 0 radical (unpaired) electrons. The SMILES string of the molecule is COc1cc(C=CCO)c(OC)c(OC)c1OCc1ccc(Cl)c(Cl)c1. The smallest absolute Gasteiger partial charge is 0.207 e. The van der Waals surface area contributed by atoms with Gasteiger partial charge in [0.25, 0.3) is 0 Å². The summed E-state index contributed by atoms with van der Waals surface area (Å²) in [5, 5.41) is 9.95. The third-order valence-corrected chi connectivity index (χ3v) is 4.32. The van der Waals surface area contributed by atoms with Gasteiger partial charge in [0, 0.05) is 5.56 Å². The first-order valence-electron chi connectivity index (χ1n) is 7.72. The lowest BCUT2D eigenvalue weighted by Crippen LogP contribution is -2.03. The van der Waals surface area contributed by atoms with E-state index in [4.69, 9.17) is 47.3 Å². The number of halogens is 2. The van der Waals surface area contributed by atoms with Gasteiger partial charge in [-0.25, -0.2) is 0 Å². The lowest BCUT2D eigenvalue weighted by atomic mass is 10.1. The average Bonchev–Trinajstić information content (AvgIpc) is 2.66. The molecule has 0 amide bonds. The van der Waals surface area contributed by atoms with Crippen molar-refractivity contribution in [3.05, 3.63) is 51.5 Å². The van der Waals surface area contributed by atoms with Gasteiger partial charge in [-0.1, -0.05) is 41.4 Å². The highest BCUT2D eigenvalue weighted by Gasteiger charge is 2.21. The van der Waals surface area contributed by atoms with Gasteiger partial charge in [0.15, 0.2) is 11.5 Å². The molecule has 0 aliphatic carbocycles. The largest absolute Gasteiger partial charge is 0.493 e. The first-order valence-corrected chi connectivity index (χ1v) is 8.48. The molecule has 0 saturated heterocycles. The maximum atomic E-state index is 9.02. The van der Waals surface area contributed by atoms with Gasteiger partial charge in [-0.05, 0) is 23.8 Å². The van der Waals surface area contributed by atoms with E-state index >= 15 is 0 Å². The summed E-state index contributed by atoms with van der Waals surface area (Å²) in [4.78, 5) is 0. The van der Waals surface area contributed by atoms with Crippen LogP contribution in [0.5, 0.6) is 23.0 Å². The molecule has 2 rings (SSSR count). The molecule has 0 heterocycles. The van der Waals surface area contributed by atoms with Gasteiger partial charge >= 0.3 is 0 Å². The molecule has 5 nitrogen and oxygen atoms in total. The van der Waals surface area contributed by atoms with E-state index in [-0.39, 0.29) is 13.2 Å². The summed E-state index contributed by atoms with van der Waals surface area (Å²) in [5.41, 5.74) is 1.53. The maximum absolute atomic E-state index is 9.02. The second kappa shape index (κ2) is 9.57. The van der Waals surface area contributed by atoms with E-state index < -0.39 is 0 Å². The molecule has 26 heavy (non-hydrogen) atoms. The fourth-order valence-corrected chi connectivity index (χ4v) is 2.71. The van der Waals surface area contributed by atoms with E-state index in [1.54, 1.807) is 30.4 Å². The minimum atomic E-state index is -0.0939. The van der Waals surface area contributed by atoms with Crippen LogP contribution in [-0.2, 0) is 6.61 Å². The van der Waals surface area contributed by atoms with Gasteiger partial charge in [0.2, 0.25) is 11.5 Å². The standard InChI is InChI=1S/C19H20Cl2O5/c1-23-16-10-13(5-4-8-22)17(24-2)19(25-3)18(16)26-11-12-6-7-14(20)15(21)9-12/h4-7,9-10,22H,8,11H2,1-3H3. The molecule has 0 bridgehead atoms. The normalized spacial score (nSPS) is 10.8. The topological polar surface area (TPSA) is 57.2 Å². The highest BCUT2D eigenvalue weighted by molar-refractivity contribution is 6.42. The summed E-state index contributed by atoms with van der Waals surface area (Å²) in [6.45, 7) is 0.141. The minimum absolute atomic E-state index is 0.0939. The highest BCUT2D eigenvalue weighted by Crippen LogP contribution is 2.47. The van der Waals surface area contributed by atoms with E-state index in [9.17, 15) is 0 Å². The zero-order valence-corrected chi connectivity index (χ0v) is 16.2. The van der Waals surface area contributed by atoms with Crippen LogP contribution in [0.4, 0.5) is 0 Å². The Kier molecular flexibility index (Phi) is 7.45. The van der Waals surface area contributed by atoms with Crippen molar-refractivity contribution in [1.29, 1.82) is 0 Å². The van der Waals surface area contributed by atoms with Gasteiger partial charge in [-0.3, -0.25) is 0 Å². The molecule has 2 aromatic rings. The van der Waals surface area contributed by atoms with Gasteiger partial charge < -0.3 is 24.1 Å². The summed E-state index contributed by atoms with van der Waals surface area (Å²) >= 11 is 12.0. The Morgan fingerprint density at radius 1 is 0.923 bits per heavy atom. The van der Waals surface area contributed by atoms with Crippen molar-refractivity contribution < 1.29 is 24.1 Å². The number of hydrogen-bond donors (Lipinski definition) is 1. The van der Waals surface area contributed by atoms with Crippen molar-refractivity contribution >= 4 is 29.3 Å². The molecule has 0 spiro atoms. The molecule has 0 aliphatic heterocycles. The van der Waals surface area contributed by atoms with Crippen molar-refractivity contribution in [2.45, 2.75) is 6.61 Å². The van der Waals surface area contributed by atoms with Gasteiger partial charge in [0.1, 0.15) is 6.61 Å². The van der Waals surface area contributed by atoms with Crippen molar-refractivity contribution in [1.82, 2.24) is 0 Å². The quantitative estimate of drug-likeness (QED) is 0.703.